The molecule has 0 aliphatic rings. The predicted octanol–water partition coefficient (Wildman–Crippen LogP) is -0.856. The van der Waals surface area contributed by atoms with Gasteiger partial charge in [0.1, 0.15) is 6.61 Å². The molecule has 0 aliphatic heterocycles. The minimum Gasteiger partial charge on any atom is -0.396 e. The van der Waals surface area contributed by atoms with E-state index in [-0.39, 0.29) is 5.95 Å². The lowest BCUT2D eigenvalue weighted by Gasteiger charge is -2.06. The monoisotopic (exact) mass is 182 g/mol. The average Bonchev–Trinajstić information content (AvgIpc) is 2.57. The van der Waals surface area contributed by atoms with Gasteiger partial charge in [0.25, 0.3) is 0 Å². The van der Waals surface area contributed by atoms with Gasteiger partial charge in [-0.15, -0.1) is 10.2 Å². The Morgan fingerprint density at radius 3 is 2.92 bits per heavy atom. The van der Waals surface area contributed by atoms with Gasteiger partial charge < -0.3 is 16.3 Å². The van der Waals surface area contributed by atoms with Crippen molar-refractivity contribution in [2.75, 3.05) is 18.1 Å². The van der Waals surface area contributed by atoms with Crippen molar-refractivity contribution < 1.29 is 4.84 Å². The lowest BCUT2D eigenvalue weighted by Crippen LogP contribution is -2.19. The molecule has 0 aromatic carbocycles. The number of nitrogens with zero attached hydrogens (tertiary/aromatic N) is 4. The largest absolute Gasteiger partial charge is 0.396 e. The molecule has 2 aromatic heterocycles. The Morgan fingerprint density at radius 2 is 2.23 bits per heavy atom. The summed E-state index contributed by atoms with van der Waals surface area (Å²) in [5.41, 5.74) is 11.8. The van der Waals surface area contributed by atoms with E-state index in [0.29, 0.717) is 18.1 Å². The average molecular weight is 182 g/mol. The first-order valence-electron chi connectivity index (χ1n) is 3.85. The molecule has 2 rings (SSSR count). The van der Waals surface area contributed by atoms with E-state index in [0.717, 1.165) is 0 Å². The van der Waals surface area contributed by atoms with Gasteiger partial charge in [0.05, 0.1) is 0 Å². The van der Waals surface area contributed by atoms with Crippen LogP contribution in [-0.4, -0.2) is 26.2 Å². The van der Waals surface area contributed by atoms with Crippen LogP contribution in [0.4, 0.5) is 11.8 Å². The van der Waals surface area contributed by atoms with Crippen molar-refractivity contribution >= 4 is 17.4 Å². The smallest absolute Gasteiger partial charge is 0.244 e. The lowest BCUT2D eigenvalue weighted by molar-refractivity contribution is 0.0902. The van der Waals surface area contributed by atoms with Crippen LogP contribution in [0.5, 0.6) is 0 Å². The van der Waals surface area contributed by atoms with Gasteiger partial charge >= 0.3 is 0 Å². The Bertz CT molecular complexity index is 429. The number of hydrogen-bond donors (Lipinski definition) is 2. The molecule has 4 N–H and O–H groups in total. The molecule has 7 nitrogen and oxygen atoms in total. The summed E-state index contributed by atoms with van der Waals surface area (Å²) >= 11 is 0. The minimum atomic E-state index is 0.250. The number of rotatable bonds is 2. The fourth-order valence-electron chi connectivity index (χ4n) is 1.14. The molecule has 0 unspecified atom stereocenters. The van der Waals surface area contributed by atoms with Crippen LogP contribution in [0.1, 0.15) is 6.92 Å². The van der Waals surface area contributed by atoms with E-state index in [2.05, 4.69) is 10.2 Å². The molecular formula is C6H10N6O. The molecule has 70 valence electrons. The molecule has 0 spiro atoms. The lowest BCUT2D eigenvalue weighted by atomic mass is 10.6. The maximum Gasteiger partial charge on any atom is 0.244 e. The molecule has 0 aliphatic carbocycles. The van der Waals surface area contributed by atoms with Crippen molar-refractivity contribution in [2.45, 2.75) is 6.92 Å². The van der Waals surface area contributed by atoms with E-state index >= 15 is 0 Å². The summed E-state index contributed by atoms with van der Waals surface area (Å²) in [6.07, 6.45) is 0. The first-order chi connectivity index (χ1) is 6.24. The minimum absolute atomic E-state index is 0.250. The van der Waals surface area contributed by atoms with Crippen molar-refractivity contribution in [2.24, 2.45) is 0 Å². The molecule has 0 saturated carbocycles. The van der Waals surface area contributed by atoms with Crippen LogP contribution in [0.25, 0.3) is 5.65 Å². The van der Waals surface area contributed by atoms with Gasteiger partial charge in [-0.2, -0.15) is 4.52 Å². The zero-order valence-electron chi connectivity index (χ0n) is 7.14. The van der Waals surface area contributed by atoms with Gasteiger partial charge in [-0.25, -0.2) is 0 Å². The summed E-state index contributed by atoms with van der Waals surface area (Å²) in [4.78, 5) is 6.59. The van der Waals surface area contributed by atoms with Crippen molar-refractivity contribution in [3.8, 4) is 0 Å². The van der Waals surface area contributed by atoms with Crippen molar-refractivity contribution in [1.82, 2.24) is 19.6 Å². The van der Waals surface area contributed by atoms with Crippen LogP contribution in [0, 0.1) is 0 Å². The molecule has 0 fully saturated rings. The highest BCUT2D eigenvalue weighted by Crippen LogP contribution is 2.11. The SMILES string of the molecule is CCOn1c(N)cc2nnc(N)n21. The molecular weight excluding hydrogens is 172 g/mol. The number of hydrogen-bond acceptors (Lipinski definition) is 5. The molecule has 13 heavy (non-hydrogen) atoms. The summed E-state index contributed by atoms with van der Waals surface area (Å²) < 4.78 is 1.50. The van der Waals surface area contributed by atoms with E-state index in [1.165, 1.54) is 9.36 Å². The Labute approximate surface area is 73.8 Å². The summed E-state index contributed by atoms with van der Waals surface area (Å²) in [5, 5.41) is 7.46. The summed E-state index contributed by atoms with van der Waals surface area (Å²) in [5.74, 6) is 0.693. The Balaban J connectivity index is 2.67. The zero-order valence-corrected chi connectivity index (χ0v) is 7.14. The van der Waals surface area contributed by atoms with Crippen LogP contribution in [0.3, 0.4) is 0 Å². The van der Waals surface area contributed by atoms with Gasteiger partial charge in [0, 0.05) is 6.07 Å². The highest BCUT2D eigenvalue weighted by molar-refractivity contribution is 5.51. The highest BCUT2D eigenvalue weighted by atomic mass is 16.7. The van der Waals surface area contributed by atoms with Gasteiger partial charge in [-0.05, 0) is 6.92 Å². The third-order valence-electron chi connectivity index (χ3n) is 1.62. The van der Waals surface area contributed by atoms with Crippen molar-refractivity contribution in [3.05, 3.63) is 6.07 Å². The first kappa shape index (κ1) is 7.71. The standard InChI is InChI=1S/C6H10N6O/c1-2-13-12-4(7)3-5-9-10-6(8)11(5)12/h3H,2,7H2,1H3,(H2,8,10). The number of nitrogen functional groups attached to an aromatic ring is 2. The van der Waals surface area contributed by atoms with E-state index < -0.39 is 0 Å². The quantitative estimate of drug-likeness (QED) is 0.630. The van der Waals surface area contributed by atoms with E-state index in [1.54, 1.807) is 6.07 Å². The maximum atomic E-state index is 5.65. The van der Waals surface area contributed by atoms with Gasteiger partial charge in [-0.1, -0.05) is 4.85 Å². The number of fused-ring (bicyclic) bond motifs is 1. The Morgan fingerprint density at radius 1 is 1.46 bits per heavy atom. The number of aromatic nitrogens is 4. The molecule has 2 aromatic rings. The van der Waals surface area contributed by atoms with Crippen LogP contribution >= 0.6 is 0 Å². The fourth-order valence-corrected chi connectivity index (χ4v) is 1.14. The highest BCUT2D eigenvalue weighted by Gasteiger charge is 2.11. The summed E-state index contributed by atoms with van der Waals surface area (Å²) in [6.45, 7) is 2.34. The van der Waals surface area contributed by atoms with E-state index in [4.69, 9.17) is 16.3 Å². The van der Waals surface area contributed by atoms with Crippen LogP contribution in [0.15, 0.2) is 6.07 Å². The third-order valence-corrected chi connectivity index (χ3v) is 1.62. The van der Waals surface area contributed by atoms with Crippen LogP contribution in [-0.2, 0) is 0 Å². The van der Waals surface area contributed by atoms with E-state index in [1.807, 2.05) is 6.92 Å². The van der Waals surface area contributed by atoms with Crippen molar-refractivity contribution in [1.29, 1.82) is 0 Å². The Hall–Kier alpha value is -1.92. The normalized spacial score (nSPS) is 10.8. The predicted molar refractivity (Wildman–Crippen MR) is 46.9 cm³/mol. The molecule has 0 bridgehead atoms. The van der Waals surface area contributed by atoms with Gasteiger partial charge in [0.2, 0.25) is 5.95 Å². The second kappa shape index (κ2) is 2.54. The molecule has 0 amide bonds. The number of nitrogens with two attached hydrogens (primary N) is 2. The summed E-state index contributed by atoms with van der Waals surface area (Å²) in [7, 11) is 0. The van der Waals surface area contributed by atoms with Gasteiger partial charge in [-0.3, -0.25) is 0 Å². The van der Waals surface area contributed by atoms with Gasteiger partial charge in [0.15, 0.2) is 11.5 Å². The zero-order chi connectivity index (χ0) is 9.42. The first-order valence-corrected chi connectivity index (χ1v) is 3.85. The molecule has 0 saturated heterocycles. The van der Waals surface area contributed by atoms with Crippen LogP contribution in [0.2, 0.25) is 0 Å². The maximum absolute atomic E-state index is 5.65. The molecule has 0 atom stereocenters. The molecule has 2 heterocycles. The third kappa shape index (κ3) is 0.968. The molecule has 7 heteroatoms. The fraction of sp³-hybridized carbons (Fsp3) is 0.333. The van der Waals surface area contributed by atoms with Crippen molar-refractivity contribution in [3.63, 3.8) is 0 Å². The second-order valence-electron chi connectivity index (χ2n) is 2.49. The van der Waals surface area contributed by atoms with Crippen LogP contribution < -0.4 is 16.3 Å². The second-order valence-corrected chi connectivity index (χ2v) is 2.49. The number of anilines is 2. The molecule has 0 radical (unpaired) electrons. The van der Waals surface area contributed by atoms with E-state index in [9.17, 15) is 0 Å². The summed E-state index contributed by atoms with van der Waals surface area (Å²) in [6, 6.07) is 1.64. The topological polar surface area (TPSA) is 96.4 Å². The Kier molecular flexibility index (Phi) is 1.51.